The van der Waals surface area contributed by atoms with Crippen molar-refractivity contribution in [3.8, 4) is 0 Å². The van der Waals surface area contributed by atoms with E-state index in [9.17, 15) is 19.3 Å². The van der Waals surface area contributed by atoms with Gasteiger partial charge in [-0.2, -0.15) is 0 Å². The third-order valence-electron chi connectivity index (χ3n) is 6.08. The van der Waals surface area contributed by atoms with E-state index in [0.717, 1.165) is 38.2 Å². The molecule has 0 bridgehead atoms. The summed E-state index contributed by atoms with van der Waals surface area (Å²) in [6.07, 6.45) is 6.37. The Balaban J connectivity index is 1.81. The number of amides is 1. The highest BCUT2D eigenvalue weighted by molar-refractivity contribution is 5.95. The van der Waals surface area contributed by atoms with Crippen molar-refractivity contribution in [2.45, 2.75) is 57.6 Å². The maximum absolute atomic E-state index is 14.3. The van der Waals surface area contributed by atoms with Gasteiger partial charge in [0.1, 0.15) is 5.82 Å². The molecule has 1 amide bonds. The zero-order valence-corrected chi connectivity index (χ0v) is 15.2. The normalized spacial score (nSPS) is 24.1. The highest BCUT2D eigenvalue weighted by atomic mass is 19.1. The fourth-order valence-corrected chi connectivity index (χ4v) is 4.69. The molecule has 0 saturated heterocycles. The second kappa shape index (κ2) is 7.31. The zero-order chi connectivity index (χ0) is 18.9. The molecule has 1 spiro atoms. The first kappa shape index (κ1) is 18.8. The first-order valence-electron chi connectivity index (χ1n) is 9.23. The third-order valence-corrected chi connectivity index (χ3v) is 6.08. The van der Waals surface area contributed by atoms with Crippen molar-refractivity contribution in [1.82, 2.24) is 4.90 Å². The maximum Gasteiger partial charge on any atom is 0.272 e. The summed E-state index contributed by atoms with van der Waals surface area (Å²) in [6.45, 7) is 2.62. The van der Waals surface area contributed by atoms with Crippen LogP contribution in [0.4, 0.5) is 10.1 Å². The molecule has 6 nitrogen and oxygen atoms in total. The van der Waals surface area contributed by atoms with Gasteiger partial charge < -0.3 is 9.64 Å². The highest BCUT2D eigenvalue weighted by Crippen LogP contribution is 2.55. The van der Waals surface area contributed by atoms with Crippen LogP contribution in [0.2, 0.25) is 0 Å². The molecule has 3 rings (SSSR count). The number of hydrogen-bond acceptors (Lipinski definition) is 4. The number of rotatable bonds is 5. The van der Waals surface area contributed by atoms with Gasteiger partial charge in [-0.15, -0.1) is 0 Å². The van der Waals surface area contributed by atoms with Crippen LogP contribution in [0.5, 0.6) is 0 Å². The summed E-state index contributed by atoms with van der Waals surface area (Å²) < 4.78 is 20.2. The van der Waals surface area contributed by atoms with Crippen LogP contribution in [0.1, 0.15) is 55.8 Å². The van der Waals surface area contributed by atoms with Crippen LogP contribution >= 0.6 is 0 Å². The lowest BCUT2D eigenvalue weighted by Crippen LogP contribution is -2.65. The molecule has 0 unspecified atom stereocenters. The number of carbonyl (C=O) groups excluding carboxylic acids is 1. The molecule has 0 heterocycles. The summed E-state index contributed by atoms with van der Waals surface area (Å²) in [5, 5.41) is 10.8. The van der Waals surface area contributed by atoms with Crippen molar-refractivity contribution in [3.63, 3.8) is 0 Å². The number of ether oxygens (including phenoxy) is 1. The van der Waals surface area contributed by atoms with Gasteiger partial charge in [0, 0.05) is 31.2 Å². The molecule has 7 heteroatoms. The van der Waals surface area contributed by atoms with E-state index in [1.807, 2.05) is 6.92 Å². The molecule has 142 valence electrons. The molecule has 2 aliphatic carbocycles. The van der Waals surface area contributed by atoms with E-state index in [0.29, 0.717) is 6.61 Å². The molecule has 2 fully saturated rings. The Bertz CT molecular complexity index is 703. The van der Waals surface area contributed by atoms with Crippen molar-refractivity contribution >= 4 is 11.6 Å². The molecule has 2 atom stereocenters. The Labute approximate surface area is 152 Å². The smallest absolute Gasteiger partial charge is 0.272 e. The minimum Gasteiger partial charge on any atom is -0.378 e. The van der Waals surface area contributed by atoms with Gasteiger partial charge in [-0.1, -0.05) is 19.3 Å². The Morgan fingerprint density at radius 2 is 2.08 bits per heavy atom. The minimum atomic E-state index is -0.852. The fourth-order valence-electron chi connectivity index (χ4n) is 4.69. The number of halogens is 1. The summed E-state index contributed by atoms with van der Waals surface area (Å²) in [5.41, 5.74) is -0.523. The van der Waals surface area contributed by atoms with Crippen molar-refractivity contribution < 1.29 is 18.8 Å². The van der Waals surface area contributed by atoms with Gasteiger partial charge in [0.2, 0.25) is 0 Å². The van der Waals surface area contributed by atoms with E-state index in [2.05, 4.69) is 0 Å². The van der Waals surface area contributed by atoms with E-state index in [1.165, 1.54) is 18.6 Å². The SMILES string of the molecule is CCO[C@H]1C[C@H](N(C)C(=O)c2ccc([N+](=O)[O-])cc2F)C12CCCCC2. The van der Waals surface area contributed by atoms with Crippen LogP contribution in [0.25, 0.3) is 0 Å². The topological polar surface area (TPSA) is 72.7 Å². The molecule has 2 saturated carbocycles. The molecule has 0 radical (unpaired) electrons. The van der Waals surface area contributed by atoms with E-state index in [-0.39, 0.29) is 28.8 Å². The molecule has 1 aromatic rings. The summed E-state index contributed by atoms with van der Waals surface area (Å²) in [4.78, 5) is 24.6. The first-order valence-corrected chi connectivity index (χ1v) is 9.23. The van der Waals surface area contributed by atoms with Crippen LogP contribution in [-0.2, 0) is 4.74 Å². The third kappa shape index (κ3) is 3.09. The lowest BCUT2D eigenvalue weighted by atomic mass is 9.54. The van der Waals surface area contributed by atoms with Crippen LogP contribution < -0.4 is 0 Å². The average molecular weight is 364 g/mol. The monoisotopic (exact) mass is 364 g/mol. The lowest BCUT2D eigenvalue weighted by molar-refractivity contribution is -0.385. The van der Waals surface area contributed by atoms with E-state index in [1.54, 1.807) is 11.9 Å². The Hall–Kier alpha value is -2.02. The molecule has 0 aliphatic heterocycles. The summed E-state index contributed by atoms with van der Waals surface area (Å²) in [5.74, 6) is -1.28. The highest BCUT2D eigenvalue weighted by Gasteiger charge is 2.57. The van der Waals surface area contributed by atoms with Gasteiger partial charge >= 0.3 is 0 Å². The van der Waals surface area contributed by atoms with Gasteiger partial charge in [0.05, 0.1) is 22.7 Å². The second-order valence-corrected chi connectivity index (χ2v) is 7.33. The Morgan fingerprint density at radius 1 is 1.38 bits per heavy atom. The lowest BCUT2D eigenvalue weighted by Gasteiger charge is -2.60. The van der Waals surface area contributed by atoms with Crippen LogP contribution in [0, 0.1) is 21.3 Å². The number of benzene rings is 1. The van der Waals surface area contributed by atoms with Crippen LogP contribution in [0.3, 0.4) is 0 Å². The van der Waals surface area contributed by atoms with E-state index >= 15 is 0 Å². The number of nitro groups is 1. The molecule has 2 aliphatic rings. The van der Waals surface area contributed by atoms with E-state index < -0.39 is 16.6 Å². The minimum absolute atomic E-state index is 0.0152. The van der Waals surface area contributed by atoms with Crippen molar-refractivity contribution in [2.24, 2.45) is 5.41 Å². The maximum atomic E-state index is 14.3. The molecule has 0 N–H and O–H groups in total. The fraction of sp³-hybridized carbons (Fsp3) is 0.632. The van der Waals surface area contributed by atoms with Gasteiger partial charge in [0.25, 0.3) is 11.6 Å². The molecule has 26 heavy (non-hydrogen) atoms. The van der Waals surface area contributed by atoms with Crippen molar-refractivity contribution in [1.29, 1.82) is 0 Å². The quantitative estimate of drug-likeness (QED) is 0.586. The molecule has 1 aromatic carbocycles. The molecular formula is C19H25FN2O4. The molecule has 0 aromatic heterocycles. The number of hydrogen-bond donors (Lipinski definition) is 0. The zero-order valence-electron chi connectivity index (χ0n) is 15.2. The standard InChI is InChI=1S/C19H25FN2O4/c1-3-26-17-12-16(19(17)9-5-4-6-10-19)21(2)18(23)14-8-7-13(22(24)25)11-15(14)20/h7-8,11,16-17H,3-6,9-10,12H2,1-2H3/t16-,17-/m0/s1. The van der Waals surface area contributed by atoms with Crippen molar-refractivity contribution in [2.75, 3.05) is 13.7 Å². The van der Waals surface area contributed by atoms with Crippen LogP contribution in [0.15, 0.2) is 18.2 Å². The number of nitrogens with zero attached hydrogens (tertiary/aromatic N) is 2. The number of carbonyl (C=O) groups is 1. The predicted molar refractivity (Wildman–Crippen MR) is 94.5 cm³/mol. The van der Waals surface area contributed by atoms with Crippen LogP contribution in [-0.4, -0.2) is 41.5 Å². The van der Waals surface area contributed by atoms with Gasteiger partial charge in [0.15, 0.2) is 0 Å². The number of nitro benzene ring substituents is 1. The number of non-ortho nitro benzene ring substituents is 1. The second-order valence-electron chi connectivity index (χ2n) is 7.33. The van der Waals surface area contributed by atoms with E-state index in [4.69, 9.17) is 4.74 Å². The molecular weight excluding hydrogens is 339 g/mol. The largest absolute Gasteiger partial charge is 0.378 e. The summed E-state index contributed by atoms with van der Waals surface area (Å²) >= 11 is 0. The summed E-state index contributed by atoms with van der Waals surface area (Å²) in [7, 11) is 1.70. The van der Waals surface area contributed by atoms with Gasteiger partial charge in [-0.05, 0) is 32.3 Å². The Morgan fingerprint density at radius 3 is 2.65 bits per heavy atom. The van der Waals surface area contributed by atoms with Crippen molar-refractivity contribution in [3.05, 3.63) is 39.7 Å². The predicted octanol–water partition coefficient (Wildman–Crippen LogP) is 3.93. The summed E-state index contributed by atoms with van der Waals surface area (Å²) in [6, 6.07) is 3.20. The average Bonchev–Trinajstić information content (AvgIpc) is 2.64. The Kier molecular flexibility index (Phi) is 5.27. The van der Waals surface area contributed by atoms with Gasteiger partial charge in [-0.3, -0.25) is 14.9 Å². The first-order chi connectivity index (χ1) is 12.4. The van der Waals surface area contributed by atoms with Gasteiger partial charge in [-0.25, -0.2) is 4.39 Å².